The molecule has 0 rings (SSSR count). The molecule has 0 aromatic heterocycles. The van der Waals surface area contributed by atoms with Gasteiger partial charge in [0.2, 0.25) is 12.3 Å². The molecule has 0 aromatic carbocycles. The van der Waals surface area contributed by atoms with Gasteiger partial charge in [-0.25, -0.2) is 9.59 Å². The van der Waals surface area contributed by atoms with Gasteiger partial charge in [0, 0.05) is 12.0 Å². The second-order valence-electron chi connectivity index (χ2n) is 2.27. The van der Waals surface area contributed by atoms with Gasteiger partial charge in [-0.15, -0.1) is 0 Å². The van der Waals surface area contributed by atoms with E-state index in [9.17, 15) is 9.59 Å². The van der Waals surface area contributed by atoms with Crippen molar-refractivity contribution in [1.29, 1.82) is 0 Å². The summed E-state index contributed by atoms with van der Waals surface area (Å²) in [5.74, 6) is -0.541. The number of ether oxygens (including phenoxy) is 1. The van der Waals surface area contributed by atoms with Crippen molar-refractivity contribution in [3.8, 4) is 0 Å². The van der Waals surface area contributed by atoms with E-state index in [-0.39, 0.29) is 5.57 Å². The first-order chi connectivity index (χ1) is 5.61. The van der Waals surface area contributed by atoms with Gasteiger partial charge in [-0.3, -0.25) is 0 Å². The molecule has 0 aliphatic carbocycles. The minimum Gasteiger partial charge on any atom is -0.436 e. The molecule has 4 heteroatoms. The number of hydrogen-bond donors (Lipinski definition) is 0. The second kappa shape index (κ2) is 5.27. The average Bonchev–Trinajstić information content (AvgIpc) is 2.03. The number of nitrogens with zero attached hydrogens (tertiary/aromatic N) is 1. The molecule has 1 unspecified atom stereocenters. The van der Waals surface area contributed by atoms with Crippen LogP contribution in [0.2, 0.25) is 0 Å². The zero-order valence-electron chi connectivity index (χ0n) is 7.16. The number of rotatable bonds is 4. The summed E-state index contributed by atoms with van der Waals surface area (Å²) in [5, 5.41) is 0. The predicted octanol–water partition coefficient (Wildman–Crippen LogP) is 1.18. The maximum absolute atomic E-state index is 10.9. The van der Waals surface area contributed by atoms with Gasteiger partial charge in [-0.1, -0.05) is 13.5 Å². The molecule has 0 saturated heterocycles. The quantitative estimate of drug-likeness (QED) is 0.275. The Morgan fingerprint density at radius 3 is 2.67 bits per heavy atom. The summed E-state index contributed by atoms with van der Waals surface area (Å²) >= 11 is 0. The van der Waals surface area contributed by atoms with Crippen LogP contribution in [-0.2, 0) is 14.3 Å². The molecule has 1 atom stereocenters. The number of hydrogen-bond acceptors (Lipinski definition) is 4. The van der Waals surface area contributed by atoms with Crippen LogP contribution >= 0.6 is 0 Å². The maximum Gasteiger partial charge on any atom is 0.335 e. The number of isocyanates is 1. The first-order valence-electron chi connectivity index (χ1n) is 3.55. The molecule has 0 aliphatic rings. The van der Waals surface area contributed by atoms with Crippen LogP contribution in [0.15, 0.2) is 17.1 Å². The molecule has 0 spiro atoms. The molecule has 0 aliphatic heterocycles. The van der Waals surface area contributed by atoms with Gasteiger partial charge in [0.05, 0.1) is 0 Å². The van der Waals surface area contributed by atoms with Gasteiger partial charge < -0.3 is 4.74 Å². The van der Waals surface area contributed by atoms with Crippen LogP contribution in [0.1, 0.15) is 20.3 Å². The molecular weight excluding hydrogens is 158 g/mol. The monoisotopic (exact) mass is 169 g/mol. The van der Waals surface area contributed by atoms with Crippen LogP contribution < -0.4 is 0 Å². The van der Waals surface area contributed by atoms with Gasteiger partial charge >= 0.3 is 5.97 Å². The summed E-state index contributed by atoms with van der Waals surface area (Å²) in [4.78, 5) is 24.0. The van der Waals surface area contributed by atoms with Gasteiger partial charge in [-0.05, 0) is 6.92 Å². The average molecular weight is 169 g/mol. The molecule has 0 radical (unpaired) electrons. The molecule has 0 saturated carbocycles. The van der Waals surface area contributed by atoms with Crippen molar-refractivity contribution in [2.75, 3.05) is 0 Å². The molecular formula is C8H11NO3. The van der Waals surface area contributed by atoms with Crippen LogP contribution in [0.4, 0.5) is 0 Å². The van der Waals surface area contributed by atoms with Crippen molar-refractivity contribution < 1.29 is 14.3 Å². The fourth-order valence-corrected chi connectivity index (χ4v) is 0.484. The lowest BCUT2D eigenvalue weighted by Gasteiger charge is -2.08. The van der Waals surface area contributed by atoms with Crippen molar-refractivity contribution in [3.05, 3.63) is 12.2 Å². The molecule has 0 heterocycles. The van der Waals surface area contributed by atoms with Crippen molar-refractivity contribution in [2.45, 2.75) is 26.5 Å². The zero-order chi connectivity index (χ0) is 9.56. The fraction of sp³-hybridized carbons (Fsp3) is 0.500. The first-order valence-corrected chi connectivity index (χ1v) is 3.55. The Hall–Kier alpha value is -1.41. The standard InChI is InChI=1S/C8H11NO3/c1-4-7(9-5-10)12-8(11)6(2)3/h7H,2,4H2,1,3H3. The first kappa shape index (κ1) is 10.6. The third-order valence-corrected chi connectivity index (χ3v) is 1.14. The summed E-state index contributed by atoms with van der Waals surface area (Å²) in [5.41, 5.74) is 0.287. The minimum absolute atomic E-state index is 0.287. The van der Waals surface area contributed by atoms with Crippen molar-refractivity contribution >= 4 is 12.0 Å². The highest BCUT2D eigenvalue weighted by molar-refractivity contribution is 5.87. The second-order valence-corrected chi connectivity index (χ2v) is 2.27. The van der Waals surface area contributed by atoms with Crippen molar-refractivity contribution in [3.63, 3.8) is 0 Å². The highest BCUT2D eigenvalue weighted by atomic mass is 16.6. The molecule has 0 aromatic rings. The van der Waals surface area contributed by atoms with E-state index in [0.717, 1.165) is 0 Å². The van der Waals surface area contributed by atoms with Gasteiger partial charge in [0.15, 0.2) is 0 Å². The lowest BCUT2D eigenvalue weighted by Crippen LogP contribution is -2.15. The van der Waals surface area contributed by atoms with E-state index in [0.29, 0.717) is 6.42 Å². The largest absolute Gasteiger partial charge is 0.436 e. The van der Waals surface area contributed by atoms with Crippen LogP contribution in [0.25, 0.3) is 0 Å². The lowest BCUT2D eigenvalue weighted by molar-refractivity contribution is -0.143. The van der Waals surface area contributed by atoms with Crippen LogP contribution in [0, 0.1) is 0 Å². The Morgan fingerprint density at radius 1 is 1.75 bits per heavy atom. The van der Waals surface area contributed by atoms with Gasteiger partial charge in [-0.2, -0.15) is 4.99 Å². The Balaban J connectivity index is 4.11. The fourth-order valence-electron chi connectivity index (χ4n) is 0.484. The van der Waals surface area contributed by atoms with E-state index in [1.54, 1.807) is 6.92 Å². The zero-order valence-corrected chi connectivity index (χ0v) is 7.16. The van der Waals surface area contributed by atoms with E-state index in [4.69, 9.17) is 4.74 Å². The molecule has 12 heavy (non-hydrogen) atoms. The maximum atomic E-state index is 10.9. The topological polar surface area (TPSA) is 55.7 Å². The lowest BCUT2D eigenvalue weighted by atomic mass is 10.3. The molecule has 0 N–H and O–H groups in total. The number of carbonyl (C=O) groups excluding carboxylic acids is 2. The van der Waals surface area contributed by atoms with Crippen LogP contribution in [0.5, 0.6) is 0 Å². The van der Waals surface area contributed by atoms with E-state index < -0.39 is 12.2 Å². The summed E-state index contributed by atoms with van der Waals surface area (Å²) in [6.45, 7) is 6.66. The third-order valence-electron chi connectivity index (χ3n) is 1.14. The Labute approximate surface area is 70.9 Å². The van der Waals surface area contributed by atoms with E-state index in [2.05, 4.69) is 11.6 Å². The van der Waals surface area contributed by atoms with E-state index >= 15 is 0 Å². The number of carbonyl (C=O) groups is 1. The smallest absolute Gasteiger partial charge is 0.335 e. The molecule has 4 nitrogen and oxygen atoms in total. The Bertz CT molecular complexity index is 228. The Kier molecular flexibility index (Phi) is 4.65. The van der Waals surface area contributed by atoms with Gasteiger partial charge in [0.1, 0.15) is 0 Å². The molecule has 0 bridgehead atoms. The van der Waals surface area contributed by atoms with E-state index in [1.165, 1.54) is 13.0 Å². The Morgan fingerprint density at radius 2 is 2.33 bits per heavy atom. The van der Waals surface area contributed by atoms with E-state index in [1.807, 2.05) is 0 Å². The molecule has 0 fully saturated rings. The van der Waals surface area contributed by atoms with Crippen LogP contribution in [0.3, 0.4) is 0 Å². The summed E-state index contributed by atoms with van der Waals surface area (Å²) in [6.07, 6.45) is 1.05. The van der Waals surface area contributed by atoms with Crippen LogP contribution in [-0.4, -0.2) is 18.3 Å². The minimum atomic E-state index is -0.730. The summed E-state index contributed by atoms with van der Waals surface area (Å²) in [7, 11) is 0. The number of esters is 1. The summed E-state index contributed by atoms with van der Waals surface area (Å²) in [6, 6.07) is 0. The van der Waals surface area contributed by atoms with Crippen molar-refractivity contribution in [1.82, 2.24) is 0 Å². The molecule has 0 amide bonds. The third kappa shape index (κ3) is 3.68. The highest BCUT2D eigenvalue weighted by Crippen LogP contribution is 2.02. The van der Waals surface area contributed by atoms with Crippen molar-refractivity contribution in [2.24, 2.45) is 4.99 Å². The number of aliphatic imine (C=N–C) groups is 1. The SMILES string of the molecule is C=C(C)C(=O)OC(CC)N=C=O. The highest BCUT2D eigenvalue weighted by Gasteiger charge is 2.10. The van der Waals surface area contributed by atoms with Gasteiger partial charge in [0.25, 0.3) is 0 Å². The normalized spacial score (nSPS) is 11.2. The summed E-state index contributed by atoms with van der Waals surface area (Å²) < 4.78 is 4.73. The predicted molar refractivity (Wildman–Crippen MR) is 43.1 cm³/mol. The molecule has 66 valence electrons.